The van der Waals surface area contributed by atoms with Crippen LogP contribution < -0.4 is 0 Å². The minimum absolute atomic E-state index is 0.877. The first-order valence-corrected chi connectivity index (χ1v) is 9.23. The molecule has 2 aromatic carbocycles. The molecule has 0 unspecified atom stereocenters. The number of nitrogens with zero attached hydrogens (tertiary/aromatic N) is 4. The van der Waals surface area contributed by atoms with Crippen molar-refractivity contribution >= 4 is 60.4 Å². The Morgan fingerprint density at radius 2 is 1.43 bits per heavy atom. The molecule has 1 N–H and O–H groups in total. The second kappa shape index (κ2) is 4.84. The maximum Gasteiger partial charge on any atom is 0.149 e. The Balaban J connectivity index is 1.82. The number of rotatable bonds is 0. The summed E-state index contributed by atoms with van der Waals surface area (Å²) in [5.74, 6) is 0. The average molecular weight is 359 g/mol. The van der Waals surface area contributed by atoms with E-state index in [9.17, 15) is 0 Å². The smallest absolute Gasteiger partial charge is 0.149 e. The molecule has 0 amide bonds. The van der Waals surface area contributed by atoms with Crippen molar-refractivity contribution in [2.75, 3.05) is 0 Å². The number of hydrogen-bond donors (Lipinski definition) is 1. The summed E-state index contributed by atoms with van der Waals surface area (Å²) in [5.41, 5.74) is 6.87. The van der Waals surface area contributed by atoms with Crippen LogP contribution in [0.5, 0.6) is 0 Å². The van der Waals surface area contributed by atoms with Crippen molar-refractivity contribution < 1.29 is 0 Å². The summed E-state index contributed by atoms with van der Waals surface area (Å²) in [5, 5.41) is 4.46. The number of H-pyrrole nitrogens is 1. The summed E-state index contributed by atoms with van der Waals surface area (Å²) in [6.45, 7) is 0. The molecule has 0 saturated heterocycles. The first-order valence-electron chi connectivity index (χ1n) is 9.23. The molecule has 5 nitrogen and oxygen atoms in total. The van der Waals surface area contributed by atoms with E-state index in [-0.39, 0.29) is 0 Å². The predicted octanol–water partition coefficient (Wildman–Crippen LogP) is 5.22. The summed E-state index contributed by atoms with van der Waals surface area (Å²) in [4.78, 5) is 17.9. The van der Waals surface area contributed by atoms with Gasteiger partial charge in [0.05, 0.1) is 16.6 Å². The Morgan fingerprint density at radius 1 is 0.643 bits per heavy atom. The van der Waals surface area contributed by atoms with E-state index in [0.29, 0.717) is 0 Å². The van der Waals surface area contributed by atoms with E-state index >= 15 is 0 Å². The Morgan fingerprint density at radius 3 is 2.36 bits per heavy atom. The van der Waals surface area contributed by atoms with Crippen molar-refractivity contribution in [3.05, 3.63) is 73.1 Å². The fourth-order valence-electron chi connectivity index (χ4n) is 4.41. The van der Waals surface area contributed by atoms with Gasteiger partial charge in [0.15, 0.2) is 0 Å². The number of fused-ring (bicyclic) bond motifs is 12. The normalized spacial score (nSPS) is 12.3. The molecule has 0 aliphatic carbocycles. The molecule has 130 valence electrons. The molecule has 0 radical (unpaired) electrons. The second-order valence-electron chi connectivity index (χ2n) is 7.07. The van der Waals surface area contributed by atoms with Gasteiger partial charge in [-0.1, -0.05) is 18.2 Å². The van der Waals surface area contributed by atoms with Crippen LogP contribution in [0.2, 0.25) is 0 Å². The van der Waals surface area contributed by atoms with Crippen LogP contribution in [0.25, 0.3) is 60.4 Å². The van der Waals surface area contributed by atoms with Gasteiger partial charge in [-0.05, 0) is 42.5 Å². The third kappa shape index (κ3) is 1.60. The lowest BCUT2D eigenvalue weighted by Crippen LogP contribution is -1.94. The summed E-state index contributed by atoms with van der Waals surface area (Å²) >= 11 is 0. The predicted molar refractivity (Wildman–Crippen MR) is 113 cm³/mol. The third-order valence-electron chi connectivity index (χ3n) is 5.61. The van der Waals surface area contributed by atoms with Crippen molar-refractivity contribution in [1.82, 2.24) is 24.3 Å². The first-order chi connectivity index (χ1) is 13.9. The van der Waals surface area contributed by atoms with E-state index in [1.54, 1.807) is 0 Å². The van der Waals surface area contributed by atoms with Crippen LogP contribution in [0.4, 0.5) is 0 Å². The maximum atomic E-state index is 5.07. The minimum Gasteiger partial charge on any atom is -0.353 e. The van der Waals surface area contributed by atoms with Crippen LogP contribution in [0, 0.1) is 0 Å². The molecule has 7 aromatic rings. The van der Waals surface area contributed by atoms with E-state index in [1.165, 1.54) is 10.8 Å². The van der Waals surface area contributed by atoms with Gasteiger partial charge in [0.2, 0.25) is 0 Å². The van der Waals surface area contributed by atoms with E-state index < -0.39 is 0 Å². The van der Waals surface area contributed by atoms with Gasteiger partial charge in [-0.2, -0.15) is 0 Å². The molecule has 0 atom stereocenters. The lowest BCUT2D eigenvalue weighted by Gasteiger charge is -2.06. The van der Waals surface area contributed by atoms with E-state index in [1.807, 2.05) is 24.5 Å². The van der Waals surface area contributed by atoms with Crippen LogP contribution in [0.1, 0.15) is 0 Å². The van der Waals surface area contributed by atoms with Gasteiger partial charge >= 0.3 is 0 Å². The molecule has 0 aliphatic heterocycles. The molecular formula is C23H13N5. The Labute approximate surface area is 158 Å². The molecule has 0 spiro atoms. The van der Waals surface area contributed by atoms with Gasteiger partial charge in [-0.15, -0.1) is 0 Å². The zero-order valence-corrected chi connectivity index (χ0v) is 14.7. The monoisotopic (exact) mass is 359 g/mol. The van der Waals surface area contributed by atoms with Crippen LogP contribution in [0.3, 0.4) is 0 Å². The van der Waals surface area contributed by atoms with Crippen molar-refractivity contribution in [3.8, 4) is 0 Å². The summed E-state index contributed by atoms with van der Waals surface area (Å²) in [7, 11) is 0. The minimum atomic E-state index is 0.877. The highest BCUT2D eigenvalue weighted by molar-refractivity contribution is 6.18. The fourth-order valence-corrected chi connectivity index (χ4v) is 4.41. The third-order valence-corrected chi connectivity index (χ3v) is 5.61. The topological polar surface area (TPSA) is 58.9 Å². The van der Waals surface area contributed by atoms with Gasteiger partial charge in [0, 0.05) is 39.5 Å². The van der Waals surface area contributed by atoms with Crippen LogP contribution in [-0.4, -0.2) is 24.3 Å². The van der Waals surface area contributed by atoms with Crippen molar-refractivity contribution in [1.29, 1.82) is 0 Å². The van der Waals surface area contributed by atoms with Gasteiger partial charge in [-0.25, -0.2) is 9.97 Å². The van der Waals surface area contributed by atoms with Crippen LogP contribution in [-0.2, 0) is 0 Å². The lowest BCUT2D eigenvalue weighted by molar-refractivity contribution is 1.23. The Bertz CT molecular complexity index is 1720. The molecule has 5 heteroatoms. The van der Waals surface area contributed by atoms with Gasteiger partial charge in [0.1, 0.15) is 16.8 Å². The zero-order chi connectivity index (χ0) is 18.2. The molecular weight excluding hydrogens is 346 g/mol. The van der Waals surface area contributed by atoms with Gasteiger partial charge in [0.25, 0.3) is 0 Å². The largest absolute Gasteiger partial charge is 0.353 e. The van der Waals surface area contributed by atoms with Crippen LogP contribution >= 0.6 is 0 Å². The standard InChI is InChI=1S/C23H13N5/c1-2-8-17-13(5-1)14-9-10-18-21(20(14)26-17)27-23-16-7-3-11-24-19(16)15-6-4-12-25-22(15)28(18)23/h1-12,26H. The summed E-state index contributed by atoms with van der Waals surface area (Å²) in [6.07, 6.45) is 3.65. The molecule has 5 aromatic heterocycles. The highest BCUT2D eigenvalue weighted by atomic mass is 15.1. The van der Waals surface area contributed by atoms with Crippen molar-refractivity contribution in [2.45, 2.75) is 0 Å². The van der Waals surface area contributed by atoms with E-state index in [2.05, 4.69) is 67.9 Å². The first kappa shape index (κ1) is 14.1. The summed E-state index contributed by atoms with van der Waals surface area (Å²) < 4.78 is 2.15. The molecule has 0 saturated carbocycles. The number of nitrogens with one attached hydrogen (secondary N) is 1. The number of aromatic nitrogens is 5. The molecule has 0 aliphatic rings. The second-order valence-corrected chi connectivity index (χ2v) is 7.07. The number of pyridine rings is 3. The summed E-state index contributed by atoms with van der Waals surface area (Å²) in [6, 6.07) is 20.8. The van der Waals surface area contributed by atoms with E-state index in [4.69, 9.17) is 4.98 Å². The number of aromatic amines is 1. The van der Waals surface area contributed by atoms with Crippen molar-refractivity contribution in [3.63, 3.8) is 0 Å². The Hall–Kier alpha value is -3.99. The van der Waals surface area contributed by atoms with Gasteiger partial charge in [-0.3, -0.25) is 9.38 Å². The van der Waals surface area contributed by atoms with E-state index in [0.717, 1.165) is 49.7 Å². The highest BCUT2D eigenvalue weighted by Crippen LogP contribution is 2.34. The van der Waals surface area contributed by atoms with Crippen LogP contribution in [0.15, 0.2) is 73.1 Å². The maximum absolute atomic E-state index is 5.07. The quantitative estimate of drug-likeness (QED) is 0.378. The number of para-hydroxylation sites is 1. The number of hydrogen-bond acceptors (Lipinski definition) is 3. The SMILES string of the molecule is c1ccc2c(c1)[nH]c1c2ccc2c1nc1c3cccnc3c3cccnc3n21. The highest BCUT2D eigenvalue weighted by Gasteiger charge is 2.17. The number of imidazole rings is 1. The van der Waals surface area contributed by atoms with Crippen molar-refractivity contribution in [2.24, 2.45) is 0 Å². The average Bonchev–Trinajstić information content (AvgIpc) is 3.33. The lowest BCUT2D eigenvalue weighted by atomic mass is 10.1. The molecule has 7 rings (SSSR count). The molecule has 0 fully saturated rings. The molecule has 0 bridgehead atoms. The Kier molecular flexibility index (Phi) is 2.44. The van der Waals surface area contributed by atoms with Gasteiger partial charge < -0.3 is 4.98 Å². The molecule has 5 heterocycles. The zero-order valence-electron chi connectivity index (χ0n) is 14.7. The number of benzene rings is 2. The fraction of sp³-hybridized carbons (Fsp3) is 0. The molecule has 28 heavy (non-hydrogen) atoms.